The van der Waals surface area contributed by atoms with Crippen LogP contribution in [0.1, 0.15) is 37.4 Å². The SMILES string of the molecule is CCc1ccccc1NC(=O)CNC(=O)C[C@@H](NC(C)=O)c1ccccc1. The van der Waals surface area contributed by atoms with Crippen LogP contribution in [0.25, 0.3) is 0 Å². The van der Waals surface area contributed by atoms with E-state index < -0.39 is 6.04 Å². The molecule has 6 heteroatoms. The van der Waals surface area contributed by atoms with Crippen molar-refractivity contribution >= 4 is 23.4 Å². The summed E-state index contributed by atoms with van der Waals surface area (Å²) >= 11 is 0. The molecule has 0 spiro atoms. The highest BCUT2D eigenvalue weighted by Crippen LogP contribution is 2.17. The molecule has 27 heavy (non-hydrogen) atoms. The predicted molar refractivity (Wildman–Crippen MR) is 105 cm³/mol. The zero-order valence-corrected chi connectivity index (χ0v) is 15.6. The van der Waals surface area contributed by atoms with Crippen LogP contribution >= 0.6 is 0 Å². The molecule has 6 nitrogen and oxygen atoms in total. The van der Waals surface area contributed by atoms with Gasteiger partial charge in [0.15, 0.2) is 0 Å². The third-order valence-electron chi connectivity index (χ3n) is 4.09. The van der Waals surface area contributed by atoms with Gasteiger partial charge in [0, 0.05) is 12.6 Å². The summed E-state index contributed by atoms with van der Waals surface area (Å²) in [5.41, 5.74) is 2.62. The van der Waals surface area contributed by atoms with E-state index in [9.17, 15) is 14.4 Å². The summed E-state index contributed by atoms with van der Waals surface area (Å²) in [5, 5.41) is 8.19. The van der Waals surface area contributed by atoms with E-state index in [2.05, 4.69) is 16.0 Å². The molecular formula is C21H25N3O3. The van der Waals surface area contributed by atoms with Crippen molar-refractivity contribution in [2.45, 2.75) is 32.7 Å². The first-order valence-corrected chi connectivity index (χ1v) is 8.96. The Morgan fingerprint density at radius 1 is 0.926 bits per heavy atom. The third-order valence-corrected chi connectivity index (χ3v) is 4.09. The molecular weight excluding hydrogens is 342 g/mol. The fourth-order valence-electron chi connectivity index (χ4n) is 2.76. The van der Waals surface area contributed by atoms with Crippen LogP contribution in [0.4, 0.5) is 5.69 Å². The minimum absolute atomic E-state index is 0.0580. The van der Waals surface area contributed by atoms with Gasteiger partial charge in [0.2, 0.25) is 17.7 Å². The second-order valence-corrected chi connectivity index (χ2v) is 6.20. The normalized spacial score (nSPS) is 11.3. The molecule has 2 aromatic carbocycles. The Bertz CT molecular complexity index is 790. The second kappa shape index (κ2) is 10.1. The van der Waals surface area contributed by atoms with Crippen LogP contribution < -0.4 is 16.0 Å². The smallest absolute Gasteiger partial charge is 0.243 e. The summed E-state index contributed by atoms with van der Waals surface area (Å²) in [6.07, 6.45) is 0.862. The molecule has 0 aliphatic rings. The number of carbonyl (C=O) groups excluding carboxylic acids is 3. The van der Waals surface area contributed by atoms with Crippen LogP contribution in [0.2, 0.25) is 0 Å². The van der Waals surface area contributed by atoms with Crippen LogP contribution in [0, 0.1) is 0 Å². The van der Waals surface area contributed by atoms with Crippen molar-refractivity contribution < 1.29 is 14.4 Å². The van der Waals surface area contributed by atoms with Gasteiger partial charge >= 0.3 is 0 Å². The highest BCUT2D eigenvalue weighted by Gasteiger charge is 2.17. The van der Waals surface area contributed by atoms with Gasteiger partial charge in [-0.25, -0.2) is 0 Å². The number of hydrogen-bond acceptors (Lipinski definition) is 3. The zero-order valence-electron chi connectivity index (χ0n) is 15.6. The molecule has 0 heterocycles. The van der Waals surface area contributed by atoms with Crippen LogP contribution in [0.5, 0.6) is 0 Å². The molecule has 0 fully saturated rings. The zero-order chi connectivity index (χ0) is 19.6. The summed E-state index contributed by atoms with van der Waals surface area (Å²) in [5.74, 6) is -0.817. The first kappa shape index (κ1) is 20.2. The lowest BCUT2D eigenvalue weighted by molar-refractivity contribution is -0.125. The number of aryl methyl sites for hydroxylation is 1. The Morgan fingerprint density at radius 3 is 2.26 bits per heavy atom. The number of amides is 3. The summed E-state index contributed by atoms with van der Waals surface area (Å²) in [4.78, 5) is 35.8. The number of rotatable bonds is 8. The first-order valence-electron chi connectivity index (χ1n) is 8.96. The number of nitrogens with one attached hydrogen (secondary N) is 3. The van der Waals surface area contributed by atoms with Crippen molar-refractivity contribution in [1.82, 2.24) is 10.6 Å². The van der Waals surface area contributed by atoms with Gasteiger partial charge in [-0.1, -0.05) is 55.5 Å². The fraction of sp³-hybridized carbons (Fsp3) is 0.286. The predicted octanol–water partition coefficient (Wildman–Crippen LogP) is 2.57. The number of benzene rings is 2. The summed E-state index contributed by atoms with van der Waals surface area (Å²) in [7, 11) is 0. The Morgan fingerprint density at radius 2 is 1.59 bits per heavy atom. The number of hydrogen-bond donors (Lipinski definition) is 3. The molecule has 0 bridgehead atoms. The number of carbonyl (C=O) groups is 3. The Labute approximate surface area is 159 Å². The highest BCUT2D eigenvalue weighted by molar-refractivity contribution is 5.95. The molecule has 1 atom stereocenters. The van der Waals surface area contributed by atoms with Gasteiger partial charge in [0.25, 0.3) is 0 Å². The van der Waals surface area contributed by atoms with Crippen molar-refractivity contribution in [3.63, 3.8) is 0 Å². The van der Waals surface area contributed by atoms with E-state index in [1.807, 2.05) is 61.5 Å². The van der Waals surface area contributed by atoms with E-state index in [0.29, 0.717) is 0 Å². The molecule has 142 valence electrons. The van der Waals surface area contributed by atoms with Gasteiger partial charge in [-0.15, -0.1) is 0 Å². The van der Waals surface area contributed by atoms with Crippen LogP contribution in [0.3, 0.4) is 0 Å². The first-order chi connectivity index (χ1) is 13.0. The lowest BCUT2D eigenvalue weighted by Crippen LogP contribution is -2.36. The number of para-hydroxylation sites is 1. The van der Waals surface area contributed by atoms with E-state index in [4.69, 9.17) is 0 Å². The molecule has 3 N–H and O–H groups in total. The maximum absolute atomic E-state index is 12.2. The quantitative estimate of drug-likeness (QED) is 0.670. The molecule has 0 aliphatic heterocycles. The maximum Gasteiger partial charge on any atom is 0.243 e. The molecule has 0 radical (unpaired) electrons. The van der Waals surface area contributed by atoms with Gasteiger partial charge in [-0.3, -0.25) is 14.4 Å². The lowest BCUT2D eigenvalue weighted by atomic mass is 10.0. The average molecular weight is 367 g/mol. The standard InChI is InChI=1S/C21H25N3O3/c1-3-16-9-7-8-12-18(16)24-21(27)14-22-20(26)13-19(23-15(2)25)17-10-5-4-6-11-17/h4-12,19H,3,13-14H2,1-2H3,(H,22,26)(H,23,25)(H,24,27)/t19-/m1/s1. The Kier molecular flexibility index (Phi) is 7.55. The summed E-state index contributed by atoms with van der Waals surface area (Å²) in [6, 6.07) is 16.4. The van der Waals surface area contributed by atoms with Crippen LogP contribution in [-0.2, 0) is 20.8 Å². The van der Waals surface area contributed by atoms with Crippen molar-refractivity contribution in [2.75, 3.05) is 11.9 Å². The maximum atomic E-state index is 12.2. The van der Waals surface area contributed by atoms with E-state index in [-0.39, 0.29) is 30.7 Å². The van der Waals surface area contributed by atoms with Gasteiger partial charge in [0.1, 0.15) is 0 Å². The van der Waals surface area contributed by atoms with Gasteiger partial charge in [0.05, 0.1) is 19.0 Å². The molecule has 2 rings (SSSR count). The van der Waals surface area contributed by atoms with Crippen LogP contribution in [0.15, 0.2) is 54.6 Å². The van der Waals surface area contributed by atoms with Gasteiger partial charge in [-0.05, 0) is 23.6 Å². The molecule has 0 saturated heterocycles. The topological polar surface area (TPSA) is 87.3 Å². The Balaban J connectivity index is 1.90. The summed E-state index contributed by atoms with van der Waals surface area (Å²) in [6.45, 7) is 3.30. The molecule has 2 aromatic rings. The largest absolute Gasteiger partial charge is 0.349 e. The van der Waals surface area contributed by atoms with Crippen molar-refractivity contribution in [3.8, 4) is 0 Å². The lowest BCUT2D eigenvalue weighted by Gasteiger charge is -2.18. The molecule has 0 saturated carbocycles. The minimum Gasteiger partial charge on any atom is -0.349 e. The molecule has 0 aliphatic carbocycles. The molecule has 3 amide bonds. The van der Waals surface area contributed by atoms with Crippen molar-refractivity contribution in [2.24, 2.45) is 0 Å². The minimum atomic E-state index is -0.437. The Hall–Kier alpha value is -3.15. The second-order valence-electron chi connectivity index (χ2n) is 6.20. The number of anilines is 1. The van der Waals surface area contributed by atoms with Gasteiger partial charge in [-0.2, -0.15) is 0 Å². The summed E-state index contributed by atoms with van der Waals surface area (Å²) < 4.78 is 0. The van der Waals surface area contributed by atoms with E-state index >= 15 is 0 Å². The van der Waals surface area contributed by atoms with Crippen molar-refractivity contribution in [3.05, 3.63) is 65.7 Å². The fourth-order valence-corrected chi connectivity index (χ4v) is 2.76. The van der Waals surface area contributed by atoms with E-state index in [0.717, 1.165) is 23.2 Å². The third kappa shape index (κ3) is 6.58. The van der Waals surface area contributed by atoms with Crippen LogP contribution in [-0.4, -0.2) is 24.3 Å². The average Bonchev–Trinajstić information content (AvgIpc) is 2.66. The molecule has 0 aromatic heterocycles. The monoisotopic (exact) mass is 367 g/mol. The van der Waals surface area contributed by atoms with Crippen molar-refractivity contribution in [1.29, 1.82) is 0 Å². The molecule has 0 unspecified atom stereocenters. The van der Waals surface area contributed by atoms with E-state index in [1.165, 1.54) is 6.92 Å². The highest BCUT2D eigenvalue weighted by atomic mass is 16.2. The van der Waals surface area contributed by atoms with E-state index in [1.54, 1.807) is 0 Å². The van der Waals surface area contributed by atoms with Gasteiger partial charge < -0.3 is 16.0 Å².